The molecule has 0 radical (unpaired) electrons. The van der Waals surface area contributed by atoms with Gasteiger partial charge in [0, 0.05) is 41.5 Å². The van der Waals surface area contributed by atoms with Gasteiger partial charge in [-0.3, -0.25) is 4.90 Å². The number of nitrogens with two attached hydrogens (primary N) is 2. The molecule has 5 aromatic rings. The van der Waals surface area contributed by atoms with Crippen LogP contribution in [0.15, 0.2) is 36.5 Å². The Balaban J connectivity index is 0.000000334. The fraction of sp³-hybridized carbons (Fsp3) is 0.364. The van der Waals surface area contributed by atoms with Crippen LogP contribution in [-0.2, 0) is 6.42 Å². The third kappa shape index (κ3) is 5.49. The maximum atomic E-state index is 16.3. The average Bonchev–Trinajstić information content (AvgIpc) is 3.73. The zero-order chi connectivity index (χ0) is 32.8. The van der Waals surface area contributed by atoms with Crippen molar-refractivity contribution in [3.8, 4) is 29.2 Å². The summed E-state index contributed by atoms with van der Waals surface area (Å²) in [6, 6.07) is 11.6. The number of likely N-dealkylation sites (N-methyl/N-ethyl adjacent to an activating group) is 1. The van der Waals surface area contributed by atoms with Gasteiger partial charge in [0.05, 0.1) is 18.7 Å². The number of hydrogen-bond acceptors (Lipinski definition) is 12. The van der Waals surface area contributed by atoms with Crippen LogP contribution in [0.4, 0.5) is 25.4 Å². The van der Waals surface area contributed by atoms with Crippen molar-refractivity contribution in [3.63, 3.8) is 0 Å². The van der Waals surface area contributed by atoms with Crippen LogP contribution in [0.1, 0.15) is 30.4 Å². The second kappa shape index (κ2) is 12.4. The van der Waals surface area contributed by atoms with E-state index in [2.05, 4.69) is 30.9 Å². The standard InChI is InChI=1S/C26H21FN8O2S.C7H12FN/c1-35-13(9-12-5-4-8-31-22(12)29)11-37-25-18-21(33-26(36-2)34-24(18)35)19(27)20(32-25)14-6-3-7-16-17(14)15(10-28)23(30)38-16;8-6-4-7-2-1-3-9(7)5-6/h3-8,13H,9,11,30H2,1-2H3,(H2,29,31);6-7H,1-5H2. The van der Waals surface area contributed by atoms with Crippen molar-refractivity contribution in [1.29, 1.82) is 5.26 Å². The Morgan fingerprint density at radius 3 is 2.79 bits per heavy atom. The molecule has 8 rings (SSSR count). The third-order valence-electron chi connectivity index (χ3n) is 9.14. The summed E-state index contributed by atoms with van der Waals surface area (Å²) < 4.78 is 41.2. The quantitative estimate of drug-likeness (QED) is 0.265. The molecule has 0 saturated carbocycles. The van der Waals surface area contributed by atoms with E-state index in [1.807, 2.05) is 30.1 Å². The van der Waals surface area contributed by atoms with Gasteiger partial charge in [0.2, 0.25) is 5.88 Å². The van der Waals surface area contributed by atoms with E-state index in [1.165, 1.54) is 31.3 Å². The first-order valence-corrected chi connectivity index (χ1v) is 16.2. The number of fused-ring (bicyclic) bond motifs is 2. The molecule has 3 unspecified atom stereocenters. The third-order valence-corrected chi connectivity index (χ3v) is 10.1. The molecule has 242 valence electrons. The number of hydrogen-bond donors (Lipinski definition) is 2. The number of nitrogen functional groups attached to an aromatic ring is 2. The monoisotopic (exact) mass is 657 g/mol. The highest BCUT2D eigenvalue weighted by atomic mass is 32.1. The highest BCUT2D eigenvalue weighted by molar-refractivity contribution is 7.23. The van der Waals surface area contributed by atoms with Gasteiger partial charge in [0.1, 0.15) is 52.1 Å². The molecule has 1 aromatic carbocycles. The largest absolute Gasteiger partial charge is 0.475 e. The van der Waals surface area contributed by atoms with Crippen molar-refractivity contribution in [1.82, 2.24) is 24.8 Å². The molecule has 0 aliphatic carbocycles. The number of nitriles is 1. The Bertz CT molecular complexity index is 2020. The summed E-state index contributed by atoms with van der Waals surface area (Å²) in [4.78, 5) is 21.8. The van der Waals surface area contributed by atoms with Crippen LogP contribution >= 0.6 is 11.3 Å². The number of aromatic nitrogens is 4. The van der Waals surface area contributed by atoms with Gasteiger partial charge in [-0.1, -0.05) is 18.2 Å². The number of anilines is 3. The van der Waals surface area contributed by atoms with E-state index in [-0.39, 0.29) is 41.3 Å². The maximum absolute atomic E-state index is 16.3. The molecule has 0 spiro atoms. The Morgan fingerprint density at radius 2 is 2.02 bits per heavy atom. The number of thiophene rings is 1. The van der Waals surface area contributed by atoms with E-state index in [0.717, 1.165) is 23.2 Å². The minimum Gasteiger partial charge on any atom is -0.475 e. The summed E-state index contributed by atoms with van der Waals surface area (Å²) >= 11 is 1.26. The topological polar surface area (TPSA) is 152 Å². The van der Waals surface area contributed by atoms with Gasteiger partial charge in [-0.05, 0) is 49.9 Å². The number of nitrogens with zero attached hydrogens (tertiary/aromatic N) is 7. The first kappa shape index (κ1) is 30.8. The molecule has 3 aliphatic heterocycles. The zero-order valence-corrected chi connectivity index (χ0v) is 26.7. The number of alkyl halides is 1. The number of benzene rings is 1. The van der Waals surface area contributed by atoms with Gasteiger partial charge in [-0.25, -0.2) is 18.7 Å². The first-order valence-electron chi connectivity index (χ1n) is 15.4. The molecule has 11 nitrogen and oxygen atoms in total. The van der Waals surface area contributed by atoms with Gasteiger partial charge in [-0.15, -0.1) is 11.3 Å². The Morgan fingerprint density at radius 1 is 1.17 bits per heavy atom. The van der Waals surface area contributed by atoms with Crippen molar-refractivity contribution in [2.45, 2.75) is 43.9 Å². The van der Waals surface area contributed by atoms with Crippen molar-refractivity contribution in [2.75, 3.05) is 50.2 Å². The summed E-state index contributed by atoms with van der Waals surface area (Å²) in [5.41, 5.74) is 13.7. The Hall–Kier alpha value is -4.87. The lowest BCUT2D eigenvalue weighted by atomic mass is 10.0. The summed E-state index contributed by atoms with van der Waals surface area (Å²) in [7, 11) is 3.26. The number of ether oxygens (including phenoxy) is 2. The smallest absolute Gasteiger partial charge is 0.318 e. The molecule has 3 aliphatic rings. The molecule has 47 heavy (non-hydrogen) atoms. The van der Waals surface area contributed by atoms with Crippen molar-refractivity contribution < 1.29 is 18.3 Å². The lowest BCUT2D eigenvalue weighted by molar-refractivity contribution is 0.281. The fourth-order valence-electron chi connectivity index (χ4n) is 6.77. The number of halogens is 2. The molecule has 2 fully saturated rings. The van der Waals surface area contributed by atoms with E-state index >= 15 is 4.39 Å². The first-order chi connectivity index (χ1) is 22.8. The normalized spacial score (nSPS) is 20.3. The van der Waals surface area contributed by atoms with E-state index in [1.54, 1.807) is 18.3 Å². The molecule has 0 bridgehead atoms. The Labute approximate surface area is 273 Å². The second-order valence-corrected chi connectivity index (χ2v) is 13.0. The number of pyridine rings is 2. The lowest BCUT2D eigenvalue weighted by Crippen LogP contribution is -2.38. The lowest BCUT2D eigenvalue weighted by Gasteiger charge is -2.27. The van der Waals surface area contributed by atoms with Crippen LogP contribution in [0, 0.1) is 17.1 Å². The predicted molar refractivity (Wildman–Crippen MR) is 178 cm³/mol. The molecule has 4 N–H and O–H groups in total. The van der Waals surface area contributed by atoms with Crippen molar-refractivity contribution in [2.24, 2.45) is 0 Å². The average molecular weight is 658 g/mol. The molecule has 4 aromatic heterocycles. The molecule has 14 heteroatoms. The van der Waals surface area contributed by atoms with E-state index < -0.39 is 12.0 Å². The van der Waals surface area contributed by atoms with Crippen LogP contribution < -0.4 is 25.8 Å². The summed E-state index contributed by atoms with van der Waals surface area (Å²) in [6.07, 6.45) is 4.95. The maximum Gasteiger partial charge on any atom is 0.318 e. The van der Waals surface area contributed by atoms with Gasteiger partial charge < -0.3 is 25.8 Å². The second-order valence-electron chi connectivity index (χ2n) is 11.9. The SMILES string of the molecule is COc1nc2c3c(nc(-c4cccc5sc(N)c(C#N)c45)c(F)c3n1)OCC(Cc1cccnc1N)N2C.FC1CC2CCCN2C1. The van der Waals surface area contributed by atoms with E-state index in [0.29, 0.717) is 52.0 Å². The minimum atomic E-state index is -0.682. The highest BCUT2D eigenvalue weighted by Crippen LogP contribution is 2.44. The molecular weight excluding hydrogens is 624 g/mol. The summed E-state index contributed by atoms with van der Waals surface area (Å²) in [5.74, 6) is 0.344. The molecular formula is C33H33F2N9O2S. The summed E-state index contributed by atoms with van der Waals surface area (Å²) in [6.45, 7) is 2.07. The molecule has 3 atom stereocenters. The van der Waals surface area contributed by atoms with Crippen LogP contribution in [0.25, 0.3) is 32.2 Å². The van der Waals surface area contributed by atoms with Crippen LogP contribution in [0.2, 0.25) is 0 Å². The highest BCUT2D eigenvalue weighted by Gasteiger charge is 2.35. The number of methoxy groups -OCH3 is 1. The van der Waals surface area contributed by atoms with Crippen molar-refractivity contribution in [3.05, 3.63) is 53.5 Å². The van der Waals surface area contributed by atoms with Crippen LogP contribution in [0.3, 0.4) is 0 Å². The fourth-order valence-corrected chi connectivity index (χ4v) is 7.71. The molecule has 2 saturated heterocycles. The van der Waals surface area contributed by atoms with Gasteiger partial charge >= 0.3 is 6.01 Å². The summed E-state index contributed by atoms with van der Waals surface area (Å²) in [5, 5.41) is 11.0. The van der Waals surface area contributed by atoms with Gasteiger partial charge in [0.25, 0.3) is 0 Å². The number of rotatable bonds is 4. The van der Waals surface area contributed by atoms with E-state index in [9.17, 15) is 9.65 Å². The predicted octanol–water partition coefficient (Wildman–Crippen LogP) is 5.12. The van der Waals surface area contributed by atoms with E-state index in [4.69, 9.17) is 20.9 Å². The molecule has 7 heterocycles. The zero-order valence-electron chi connectivity index (χ0n) is 25.9. The van der Waals surface area contributed by atoms with Crippen molar-refractivity contribution >= 4 is 49.0 Å². The minimum absolute atomic E-state index is 0.000969. The van der Waals surface area contributed by atoms with Crippen LogP contribution in [0.5, 0.6) is 11.9 Å². The Kier molecular flexibility index (Phi) is 8.11. The van der Waals surface area contributed by atoms with Gasteiger partial charge in [-0.2, -0.15) is 15.2 Å². The van der Waals surface area contributed by atoms with Gasteiger partial charge in [0.15, 0.2) is 5.82 Å². The van der Waals surface area contributed by atoms with Crippen LogP contribution in [-0.4, -0.2) is 76.9 Å². The molecule has 0 amide bonds.